The molecule has 1 aromatic rings. The third-order valence-corrected chi connectivity index (χ3v) is 4.44. The summed E-state index contributed by atoms with van der Waals surface area (Å²) < 4.78 is 26.6. The second-order valence-electron chi connectivity index (χ2n) is 4.07. The molecule has 4 heteroatoms. The summed E-state index contributed by atoms with van der Waals surface area (Å²) in [7, 11) is 0. The van der Waals surface area contributed by atoms with Gasteiger partial charge in [-0.15, -0.1) is 0 Å². The molecule has 0 bridgehead atoms. The highest BCUT2D eigenvalue weighted by atomic mass is 32.2. The standard InChI is InChI=1S/C12H15F2NS/c13-9-5-3-4-8(11(9)14)12(15)10-6-1-2-7-16-10/h3-5,10,12H,1-2,6-7,15H2. The fourth-order valence-corrected chi connectivity index (χ4v) is 3.39. The molecule has 1 fully saturated rings. The molecule has 0 amide bonds. The molecule has 2 unspecified atom stereocenters. The summed E-state index contributed by atoms with van der Waals surface area (Å²) in [5.74, 6) is -0.537. The van der Waals surface area contributed by atoms with Crippen LogP contribution in [0.4, 0.5) is 8.78 Å². The van der Waals surface area contributed by atoms with Gasteiger partial charge >= 0.3 is 0 Å². The van der Waals surface area contributed by atoms with Gasteiger partial charge in [-0.2, -0.15) is 11.8 Å². The van der Waals surface area contributed by atoms with Crippen LogP contribution in [0.2, 0.25) is 0 Å². The quantitative estimate of drug-likeness (QED) is 0.863. The van der Waals surface area contributed by atoms with Gasteiger partial charge in [-0.3, -0.25) is 0 Å². The van der Waals surface area contributed by atoms with E-state index in [1.165, 1.54) is 12.5 Å². The molecule has 16 heavy (non-hydrogen) atoms. The maximum absolute atomic E-state index is 13.5. The molecular weight excluding hydrogens is 228 g/mol. The molecule has 0 spiro atoms. The first-order chi connectivity index (χ1) is 7.70. The third-order valence-electron chi connectivity index (χ3n) is 2.96. The summed E-state index contributed by atoms with van der Waals surface area (Å²) in [5.41, 5.74) is 6.32. The van der Waals surface area contributed by atoms with Gasteiger partial charge in [-0.05, 0) is 24.7 Å². The highest BCUT2D eigenvalue weighted by molar-refractivity contribution is 8.00. The number of hydrogen-bond donors (Lipinski definition) is 1. The van der Waals surface area contributed by atoms with Gasteiger partial charge in [-0.1, -0.05) is 18.6 Å². The number of benzene rings is 1. The van der Waals surface area contributed by atoms with Gasteiger partial charge in [0.2, 0.25) is 0 Å². The Bertz CT molecular complexity index is 364. The molecule has 0 aliphatic carbocycles. The van der Waals surface area contributed by atoms with E-state index in [1.807, 2.05) is 0 Å². The van der Waals surface area contributed by atoms with E-state index in [4.69, 9.17) is 5.73 Å². The predicted molar refractivity (Wildman–Crippen MR) is 63.4 cm³/mol. The Kier molecular flexibility index (Phi) is 3.82. The molecular formula is C12H15F2NS. The topological polar surface area (TPSA) is 26.0 Å². The van der Waals surface area contributed by atoms with Gasteiger partial charge in [0.1, 0.15) is 0 Å². The molecule has 2 rings (SSSR count). The van der Waals surface area contributed by atoms with Crippen LogP contribution in [0.3, 0.4) is 0 Å². The minimum atomic E-state index is -0.811. The molecule has 1 aliphatic rings. The molecule has 0 saturated carbocycles. The summed E-state index contributed by atoms with van der Waals surface area (Å²) in [6, 6.07) is 3.82. The highest BCUT2D eigenvalue weighted by Crippen LogP contribution is 2.34. The maximum Gasteiger partial charge on any atom is 0.163 e. The van der Waals surface area contributed by atoms with E-state index >= 15 is 0 Å². The van der Waals surface area contributed by atoms with Crippen LogP contribution in [-0.2, 0) is 0 Å². The number of nitrogens with two attached hydrogens (primary N) is 1. The smallest absolute Gasteiger partial charge is 0.163 e. The Morgan fingerprint density at radius 3 is 2.81 bits per heavy atom. The van der Waals surface area contributed by atoms with Crippen molar-refractivity contribution in [1.29, 1.82) is 0 Å². The first kappa shape index (κ1) is 11.9. The zero-order chi connectivity index (χ0) is 11.5. The van der Waals surface area contributed by atoms with Crippen LogP contribution in [0.1, 0.15) is 30.9 Å². The second kappa shape index (κ2) is 5.15. The second-order valence-corrected chi connectivity index (χ2v) is 5.42. The van der Waals surface area contributed by atoms with Crippen molar-refractivity contribution < 1.29 is 8.78 Å². The van der Waals surface area contributed by atoms with Crippen LogP contribution < -0.4 is 5.73 Å². The normalized spacial score (nSPS) is 23.1. The molecule has 0 aromatic heterocycles. The molecule has 0 radical (unpaired) electrons. The van der Waals surface area contributed by atoms with E-state index in [9.17, 15) is 8.78 Å². The van der Waals surface area contributed by atoms with Gasteiger partial charge in [0, 0.05) is 16.9 Å². The molecule has 1 saturated heterocycles. The molecule has 1 heterocycles. The van der Waals surface area contributed by atoms with Gasteiger partial charge in [0.25, 0.3) is 0 Å². The summed E-state index contributed by atoms with van der Waals surface area (Å²) in [4.78, 5) is 0. The van der Waals surface area contributed by atoms with Crippen molar-refractivity contribution in [2.24, 2.45) is 5.73 Å². The minimum Gasteiger partial charge on any atom is -0.323 e. The molecule has 1 aromatic carbocycles. The summed E-state index contributed by atoms with van der Waals surface area (Å²) in [6.07, 6.45) is 3.31. The zero-order valence-electron chi connectivity index (χ0n) is 8.96. The highest BCUT2D eigenvalue weighted by Gasteiger charge is 2.25. The SMILES string of the molecule is NC(c1cccc(F)c1F)C1CCCCS1. The van der Waals surface area contributed by atoms with Gasteiger partial charge in [0.05, 0.1) is 0 Å². The first-order valence-corrected chi connectivity index (χ1v) is 6.56. The van der Waals surface area contributed by atoms with Crippen LogP contribution >= 0.6 is 11.8 Å². The molecule has 2 N–H and O–H groups in total. The van der Waals surface area contributed by atoms with Crippen molar-refractivity contribution in [2.45, 2.75) is 30.6 Å². The Labute approximate surface area is 98.4 Å². The van der Waals surface area contributed by atoms with E-state index in [0.717, 1.165) is 24.7 Å². The van der Waals surface area contributed by atoms with E-state index < -0.39 is 17.7 Å². The summed E-state index contributed by atoms with van der Waals surface area (Å²) in [6.45, 7) is 0. The number of thioether (sulfide) groups is 1. The minimum absolute atomic E-state index is 0.213. The van der Waals surface area contributed by atoms with E-state index in [1.54, 1.807) is 17.8 Å². The van der Waals surface area contributed by atoms with Gasteiger partial charge in [0.15, 0.2) is 11.6 Å². The monoisotopic (exact) mass is 243 g/mol. The van der Waals surface area contributed by atoms with Crippen LogP contribution in [0, 0.1) is 11.6 Å². The Morgan fingerprint density at radius 2 is 2.12 bits per heavy atom. The van der Waals surface area contributed by atoms with Crippen LogP contribution in [0.15, 0.2) is 18.2 Å². The van der Waals surface area contributed by atoms with Gasteiger partial charge in [-0.25, -0.2) is 8.78 Å². The van der Waals surface area contributed by atoms with E-state index in [-0.39, 0.29) is 5.25 Å². The summed E-state index contributed by atoms with van der Waals surface area (Å²) in [5, 5.41) is 0.213. The van der Waals surface area contributed by atoms with Crippen molar-refractivity contribution in [1.82, 2.24) is 0 Å². The lowest BCUT2D eigenvalue weighted by Gasteiger charge is -2.27. The van der Waals surface area contributed by atoms with E-state index in [2.05, 4.69) is 0 Å². The van der Waals surface area contributed by atoms with Crippen molar-refractivity contribution in [2.75, 3.05) is 5.75 Å². The van der Waals surface area contributed by atoms with Crippen molar-refractivity contribution in [3.05, 3.63) is 35.4 Å². The lowest BCUT2D eigenvalue weighted by molar-refractivity contribution is 0.479. The van der Waals surface area contributed by atoms with Gasteiger partial charge < -0.3 is 5.73 Å². The first-order valence-electron chi connectivity index (χ1n) is 5.51. The lowest BCUT2D eigenvalue weighted by atomic mass is 10.00. The Morgan fingerprint density at radius 1 is 1.31 bits per heavy atom. The lowest BCUT2D eigenvalue weighted by Crippen LogP contribution is -2.27. The molecule has 88 valence electrons. The predicted octanol–water partition coefficient (Wildman–Crippen LogP) is 3.25. The van der Waals surface area contributed by atoms with Crippen LogP contribution in [-0.4, -0.2) is 11.0 Å². The molecule has 1 nitrogen and oxygen atoms in total. The number of halogens is 2. The summed E-state index contributed by atoms with van der Waals surface area (Å²) >= 11 is 1.77. The van der Waals surface area contributed by atoms with Crippen LogP contribution in [0.5, 0.6) is 0 Å². The third kappa shape index (κ3) is 2.38. The molecule has 1 aliphatic heterocycles. The number of hydrogen-bond acceptors (Lipinski definition) is 2. The Balaban J connectivity index is 2.19. The fraction of sp³-hybridized carbons (Fsp3) is 0.500. The van der Waals surface area contributed by atoms with Crippen molar-refractivity contribution in [3.8, 4) is 0 Å². The Hall–Kier alpha value is -0.610. The fourth-order valence-electron chi connectivity index (χ4n) is 2.03. The van der Waals surface area contributed by atoms with Crippen LogP contribution in [0.25, 0.3) is 0 Å². The largest absolute Gasteiger partial charge is 0.323 e. The number of rotatable bonds is 2. The average molecular weight is 243 g/mol. The van der Waals surface area contributed by atoms with Crippen molar-refractivity contribution >= 4 is 11.8 Å². The zero-order valence-corrected chi connectivity index (χ0v) is 9.77. The van der Waals surface area contributed by atoms with Crippen molar-refractivity contribution in [3.63, 3.8) is 0 Å². The maximum atomic E-state index is 13.5. The van der Waals surface area contributed by atoms with E-state index in [0.29, 0.717) is 5.56 Å². The molecule has 2 atom stereocenters. The average Bonchev–Trinajstić information content (AvgIpc) is 2.33.